The van der Waals surface area contributed by atoms with Gasteiger partial charge in [-0.1, -0.05) is 6.42 Å². The number of aromatic carboxylic acids is 1. The van der Waals surface area contributed by atoms with Crippen molar-refractivity contribution in [3.05, 3.63) is 29.6 Å². The van der Waals surface area contributed by atoms with Crippen LogP contribution >= 0.6 is 0 Å². The number of carboxylic acids is 1. The molecule has 2 fully saturated rings. The van der Waals surface area contributed by atoms with Gasteiger partial charge in [0.2, 0.25) is 0 Å². The number of anilines is 1. The summed E-state index contributed by atoms with van der Waals surface area (Å²) in [7, 11) is 0. The predicted molar refractivity (Wildman–Crippen MR) is 74.6 cm³/mol. The molecule has 2 unspecified atom stereocenters. The lowest BCUT2D eigenvalue weighted by molar-refractivity contribution is 0.0696. The van der Waals surface area contributed by atoms with E-state index in [-0.39, 0.29) is 11.6 Å². The molecule has 3 rings (SSSR count). The standard InChI is InChI=1S/C15H19FN2O2/c16-11-9-10(15(19)20)4-5-12(11)17-13-6-8-18-7-2-1-3-14(13)18/h4-5,9,13-14,17H,1-3,6-8H2,(H,19,20). The predicted octanol–water partition coefficient (Wildman–Crippen LogP) is 2.56. The highest BCUT2D eigenvalue weighted by Crippen LogP contribution is 2.30. The Balaban J connectivity index is 1.73. The molecule has 108 valence electrons. The van der Waals surface area contributed by atoms with Gasteiger partial charge in [0.15, 0.2) is 0 Å². The third-order valence-electron chi connectivity index (χ3n) is 4.41. The van der Waals surface area contributed by atoms with E-state index in [1.807, 2.05) is 0 Å². The molecule has 1 aromatic carbocycles. The average molecular weight is 278 g/mol. The second-order valence-corrected chi connectivity index (χ2v) is 5.64. The summed E-state index contributed by atoms with van der Waals surface area (Å²) in [6.45, 7) is 2.21. The molecule has 2 atom stereocenters. The van der Waals surface area contributed by atoms with Crippen LogP contribution in [0, 0.1) is 5.82 Å². The van der Waals surface area contributed by atoms with Crippen molar-refractivity contribution >= 4 is 11.7 Å². The highest BCUT2D eigenvalue weighted by atomic mass is 19.1. The van der Waals surface area contributed by atoms with Crippen LogP contribution in [0.3, 0.4) is 0 Å². The number of carbonyl (C=O) groups is 1. The van der Waals surface area contributed by atoms with E-state index < -0.39 is 11.8 Å². The molecule has 2 aliphatic rings. The molecular weight excluding hydrogens is 259 g/mol. The monoisotopic (exact) mass is 278 g/mol. The first-order valence-corrected chi connectivity index (χ1v) is 7.18. The first-order valence-electron chi connectivity index (χ1n) is 7.18. The minimum Gasteiger partial charge on any atom is -0.478 e. The third kappa shape index (κ3) is 2.50. The number of piperidine rings is 1. The lowest BCUT2D eigenvalue weighted by atomic mass is 9.99. The molecule has 1 aromatic rings. The highest BCUT2D eigenvalue weighted by Gasteiger charge is 2.35. The Morgan fingerprint density at radius 3 is 2.90 bits per heavy atom. The van der Waals surface area contributed by atoms with Gasteiger partial charge in [-0.2, -0.15) is 0 Å². The minimum atomic E-state index is -1.10. The molecule has 0 bridgehead atoms. The summed E-state index contributed by atoms with van der Waals surface area (Å²) < 4.78 is 13.9. The van der Waals surface area contributed by atoms with E-state index >= 15 is 0 Å². The maximum Gasteiger partial charge on any atom is 0.335 e. The summed E-state index contributed by atoms with van der Waals surface area (Å²) in [6.07, 6.45) is 4.67. The number of nitrogens with one attached hydrogen (secondary N) is 1. The van der Waals surface area contributed by atoms with Crippen molar-refractivity contribution in [1.29, 1.82) is 0 Å². The van der Waals surface area contributed by atoms with Crippen LogP contribution in [0.1, 0.15) is 36.0 Å². The Hall–Kier alpha value is -1.62. The van der Waals surface area contributed by atoms with Crippen molar-refractivity contribution in [1.82, 2.24) is 4.90 Å². The fourth-order valence-corrected chi connectivity index (χ4v) is 3.38. The van der Waals surface area contributed by atoms with E-state index in [0.717, 1.165) is 32.0 Å². The Bertz CT molecular complexity index is 521. The van der Waals surface area contributed by atoms with Crippen molar-refractivity contribution < 1.29 is 14.3 Å². The minimum absolute atomic E-state index is 0.0150. The van der Waals surface area contributed by atoms with Crippen LogP contribution < -0.4 is 5.32 Å². The van der Waals surface area contributed by atoms with Gasteiger partial charge in [0.1, 0.15) is 5.82 Å². The summed E-state index contributed by atoms with van der Waals surface area (Å²) in [5, 5.41) is 12.1. The molecule has 4 nitrogen and oxygen atoms in total. The SMILES string of the molecule is O=C(O)c1ccc(NC2CCN3CCCCC23)c(F)c1. The lowest BCUT2D eigenvalue weighted by Crippen LogP contribution is -2.41. The van der Waals surface area contributed by atoms with E-state index in [0.29, 0.717) is 11.7 Å². The number of fused-ring (bicyclic) bond motifs is 1. The zero-order valence-electron chi connectivity index (χ0n) is 11.3. The molecule has 0 spiro atoms. The van der Waals surface area contributed by atoms with Crippen LogP contribution in [-0.2, 0) is 0 Å². The molecule has 0 radical (unpaired) electrons. The van der Waals surface area contributed by atoms with E-state index in [9.17, 15) is 9.18 Å². The fraction of sp³-hybridized carbons (Fsp3) is 0.533. The number of halogens is 1. The van der Waals surface area contributed by atoms with Crippen LogP contribution in [-0.4, -0.2) is 41.1 Å². The smallest absolute Gasteiger partial charge is 0.335 e. The second-order valence-electron chi connectivity index (χ2n) is 5.64. The van der Waals surface area contributed by atoms with Gasteiger partial charge in [0, 0.05) is 18.6 Å². The van der Waals surface area contributed by atoms with E-state index in [2.05, 4.69) is 10.2 Å². The molecule has 0 aromatic heterocycles. The van der Waals surface area contributed by atoms with Crippen LogP contribution in [0.25, 0.3) is 0 Å². The van der Waals surface area contributed by atoms with Gasteiger partial charge in [-0.25, -0.2) is 9.18 Å². The van der Waals surface area contributed by atoms with E-state index in [4.69, 9.17) is 5.11 Å². The summed E-state index contributed by atoms with van der Waals surface area (Å²) >= 11 is 0. The molecule has 5 heteroatoms. The average Bonchev–Trinajstić information content (AvgIpc) is 2.84. The number of nitrogens with zero attached hydrogens (tertiary/aromatic N) is 1. The molecular formula is C15H19FN2O2. The van der Waals surface area contributed by atoms with Crippen molar-refractivity contribution in [3.63, 3.8) is 0 Å². The highest BCUT2D eigenvalue weighted by molar-refractivity contribution is 5.88. The molecule has 0 amide bonds. The molecule has 2 heterocycles. The Morgan fingerprint density at radius 2 is 2.15 bits per heavy atom. The van der Waals surface area contributed by atoms with Gasteiger partial charge in [-0.3, -0.25) is 4.90 Å². The maximum atomic E-state index is 13.9. The largest absolute Gasteiger partial charge is 0.478 e. The first kappa shape index (κ1) is 13.4. The Kier molecular flexibility index (Phi) is 3.61. The molecule has 2 N–H and O–H groups in total. The van der Waals surface area contributed by atoms with Gasteiger partial charge >= 0.3 is 5.97 Å². The molecule has 2 saturated heterocycles. The fourth-order valence-electron chi connectivity index (χ4n) is 3.38. The second kappa shape index (κ2) is 5.40. The Labute approximate surface area is 117 Å². The summed E-state index contributed by atoms with van der Waals surface area (Å²) in [4.78, 5) is 13.3. The van der Waals surface area contributed by atoms with Gasteiger partial charge in [-0.05, 0) is 44.0 Å². The zero-order chi connectivity index (χ0) is 14.1. The lowest BCUT2D eigenvalue weighted by Gasteiger charge is -2.33. The molecule has 0 saturated carbocycles. The number of benzene rings is 1. The summed E-state index contributed by atoms with van der Waals surface area (Å²) in [5.41, 5.74) is 0.395. The summed E-state index contributed by atoms with van der Waals surface area (Å²) in [5.74, 6) is -1.59. The van der Waals surface area contributed by atoms with Gasteiger partial charge < -0.3 is 10.4 Å². The van der Waals surface area contributed by atoms with Crippen LogP contribution in [0.15, 0.2) is 18.2 Å². The third-order valence-corrected chi connectivity index (χ3v) is 4.41. The van der Waals surface area contributed by atoms with Crippen molar-refractivity contribution in [2.75, 3.05) is 18.4 Å². The van der Waals surface area contributed by atoms with Crippen LogP contribution in [0.5, 0.6) is 0 Å². The van der Waals surface area contributed by atoms with Gasteiger partial charge in [-0.15, -0.1) is 0 Å². The molecule has 0 aliphatic carbocycles. The summed E-state index contributed by atoms with van der Waals surface area (Å²) in [6, 6.07) is 4.81. The molecule has 2 aliphatic heterocycles. The topological polar surface area (TPSA) is 52.6 Å². The van der Waals surface area contributed by atoms with Gasteiger partial charge in [0.25, 0.3) is 0 Å². The quantitative estimate of drug-likeness (QED) is 0.892. The van der Waals surface area contributed by atoms with E-state index in [1.165, 1.54) is 25.0 Å². The number of hydrogen-bond acceptors (Lipinski definition) is 3. The number of carboxylic acid groups (broad SMARTS) is 1. The number of rotatable bonds is 3. The Morgan fingerprint density at radius 1 is 1.30 bits per heavy atom. The molecule has 20 heavy (non-hydrogen) atoms. The maximum absolute atomic E-state index is 13.9. The van der Waals surface area contributed by atoms with Crippen molar-refractivity contribution in [3.8, 4) is 0 Å². The number of hydrogen-bond donors (Lipinski definition) is 2. The van der Waals surface area contributed by atoms with Crippen LogP contribution in [0.4, 0.5) is 10.1 Å². The van der Waals surface area contributed by atoms with Crippen molar-refractivity contribution in [2.24, 2.45) is 0 Å². The normalized spacial score (nSPS) is 26.2. The first-order chi connectivity index (χ1) is 9.65. The zero-order valence-corrected chi connectivity index (χ0v) is 11.3. The van der Waals surface area contributed by atoms with Crippen molar-refractivity contribution in [2.45, 2.75) is 37.8 Å². The van der Waals surface area contributed by atoms with Crippen LogP contribution in [0.2, 0.25) is 0 Å². The van der Waals surface area contributed by atoms with Gasteiger partial charge in [0.05, 0.1) is 11.3 Å². The van der Waals surface area contributed by atoms with E-state index in [1.54, 1.807) is 0 Å².